The van der Waals surface area contributed by atoms with Crippen LogP contribution in [0.25, 0.3) is 16.7 Å². The molecule has 0 saturated heterocycles. The number of esters is 1. The lowest BCUT2D eigenvalue weighted by Gasteiger charge is -2.17. The number of carbonyl (C=O) groups excluding carboxylic acids is 2. The van der Waals surface area contributed by atoms with Crippen LogP contribution in [-0.2, 0) is 45.2 Å². The summed E-state index contributed by atoms with van der Waals surface area (Å²) in [5, 5.41) is 0.780. The van der Waals surface area contributed by atoms with Crippen molar-refractivity contribution in [1.29, 1.82) is 0 Å². The number of pyridine rings is 1. The quantitative estimate of drug-likeness (QED) is 0.183. The normalized spacial score (nSPS) is 11.9. The van der Waals surface area contributed by atoms with Gasteiger partial charge in [0.25, 0.3) is 5.56 Å². The van der Waals surface area contributed by atoms with E-state index in [-0.39, 0.29) is 24.5 Å². The minimum atomic E-state index is -0.437. The number of ether oxygens (including phenoxy) is 3. The number of nitrogens with zero attached hydrogens (tertiary/aromatic N) is 1. The van der Waals surface area contributed by atoms with E-state index in [0.29, 0.717) is 36.7 Å². The molecule has 1 heterocycles. The zero-order valence-corrected chi connectivity index (χ0v) is 24.5. The maximum absolute atomic E-state index is 12.5. The fourth-order valence-electron chi connectivity index (χ4n) is 4.89. The Bertz CT molecular complexity index is 1830. The van der Waals surface area contributed by atoms with Crippen molar-refractivity contribution in [2.24, 2.45) is 0 Å². The van der Waals surface area contributed by atoms with Gasteiger partial charge in [-0.1, -0.05) is 97.1 Å². The van der Waals surface area contributed by atoms with Crippen LogP contribution in [0, 0.1) is 0 Å². The van der Waals surface area contributed by atoms with Gasteiger partial charge in [0.05, 0.1) is 12.1 Å². The summed E-state index contributed by atoms with van der Waals surface area (Å²) in [5.74, 6) is 0.842. The largest absolute Gasteiger partial charge is 0.488 e. The highest BCUT2D eigenvalue weighted by Gasteiger charge is 2.18. The second-order valence-corrected chi connectivity index (χ2v) is 10.1. The number of aromatic nitrogens is 1. The Hall–Kier alpha value is -5.43. The third-order valence-corrected chi connectivity index (χ3v) is 6.99. The van der Waals surface area contributed by atoms with Gasteiger partial charge in [-0.05, 0) is 35.7 Å². The number of rotatable bonds is 9. The molecule has 0 radical (unpaired) electrons. The summed E-state index contributed by atoms with van der Waals surface area (Å²) < 4.78 is 18.0. The molecule has 4 aromatic carbocycles. The van der Waals surface area contributed by atoms with E-state index in [2.05, 4.69) is 0 Å². The number of para-hydroxylation sites is 1. The molecule has 1 aliphatic rings. The Morgan fingerprint density at radius 2 is 1.36 bits per heavy atom. The van der Waals surface area contributed by atoms with Crippen molar-refractivity contribution in [1.82, 2.24) is 4.57 Å². The first-order chi connectivity index (χ1) is 21.5. The summed E-state index contributed by atoms with van der Waals surface area (Å²) in [5.41, 5.74) is 4.53. The third-order valence-electron chi connectivity index (χ3n) is 6.99. The van der Waals surface area contributed by atoms with Crippen molar-refractivity contribution in [2.75, 3.05) is 6.61 Å². The predicted octanol–water partition coefficient (Wildman–Crippen LogP) is 6.51. The summed E-state index contributed by atoms with van der Waals surface area (Å²) in [6.07, 6.45) is 2.07. The summed E-state index contributed by atoms with van der Waals surface area (Å²) in [6.45, 7) is 2.75. The summed E-state index contributed by atoms with van der Waals surface area (Å²) in [7, 11) is 0. The number of ketones is 1. The summed E-state index contributed by atoms with van der Waals surface area (Å²) in [4.78, 5) is 36.0. The zero-order valence-electron chi connectivity index (χ0n) is 24.5. The molecule has 0 saturated carbocycles. The van der Waals surface area contributed by atoms with Gasteiger partial charge in [-0.2, -0.15) is 0 Å². The number of allylic oxidation sites excluding steroid dienone is 1. The van der Waals surface area contributed by atoms with Crippen molar-refractivity contribution in [2.45, 2.75) is 33.1 Å². The van der Waals surface area contributed by atoms with Crippen LogP contribution in [0.5, 0.6) is 5.75 Å². The van der Waals surface area contributed by atoms with E-state index in [4.69, 9.17) is 14.2 Å². The zero-order chi connectivity index (χ0) is 30.7. The Balaban J connectivity index is 0.000000181. The molecule has 0 fully saturated rings. The standard InChI is InChI=1S/C20H19NO4.C17H14O2/c1-2-24-20(23)13-21-17-11-7-6-10-16(17)18(12-19(21)22)25-14-15-8-4-3-5-9-15;18-15-10-14-8-4-5-9-16(14)17(11-15)19-12-13-6-2-1-3-7-13/h3-12H,2,13-14H2,1H3;1-9,11H,10,12H2. The third kappa shape index (κ3) is 7.69. The average molecular weight is 588 g/mol. The van der Waals surface area contributed by atoms with Gasteiger partial charge in [-0.25, -0.2) is 0 Å². The number of carbonyl (C=O) groups is 2. The van der Waals surface area contributed by atoms with Crippen LogP contribution in [0.2, 0.25) is 0 Å². The number of benzene rings is 4. The fourth-order valence-corrected chi connectivity index (χ4v) is 4.89. The molecular weight excluding hydrogens is 554 g/mol. The molecule has 1 aliphatic carbocycles. The SMILES string of the molecule is CCOC(=O)Cn1c(=O)cc(OCc2ccccc2)c2ccccc21.O=C1C=C(OCc2ccccc2)c2ccccc2C1. The van der Waals surface area contributed by atoms with E-state index >= 15 is 0 Å². The predicted molar refractivity (Wildman–Crippen MR) is 170 cm³/mol. The molecule has 0 unspecified atom stereocenters. The molecule has 7 heteroatoms. The minimum Gasteiger partial charge on any atom is -0.488 e. The first-order valence-corrected chi connectivity index (χ1v) is 14.5. The molecule has 6 rings (SSSR count). The summed E-state index contributed by atoms with van der Waals surface area (Å²) in [6, 6.07) is 36.4. The molecule has 1 aromatic heterocycles. The van der Waals surface area contributed by atoms with Crippen molar-refractivity contribution in [3.8, 4) is 5.75 Å². The van der Waals surface area contributed by atoms with Gasteiger partial charge >= 0.3 is 5.97 Å². The van der Waals surface area contributed by atoms with Crippen molar-refractivity contribution >= 4 is 28.4 Å². The van der Waals surface area contributed by atoms with Gasteiger partial charge in [0.15, 0.2) is 5.78 Å². The molecule has 222 valence electrons. The van der Waals surface area contributed by atoms with Crippen LogP contribution in [0.3, 0.4) is 0 Å². The van der Waals surface area contributed by atoms with Gasteiger partial charge < -0.3 is 14.2 Å². The molecule has 0 amide bonds. The highest BCUT2D eigenvalue weighted by atomic mass is 16.5. The Kier molecular flexibility index (Phi) is 10.0. The molecule has 0 aliphatic heterocycles. The van der Waals surface area contributed by atoms with E-state index in [0.717, 1.165) is 27.6 Å². The van der Waals surface area contributed by atoms with Crippen LogP contribution >= 0.6 is 0 Å². The molecular formula is C37H33NO6. The van der Waals surface area contributed by atoms with Gasteiger partial charge in [0.2, 0.25) is 0 Å². The van der Waals surface area contributed by atoms with E-state index < -0.39 is 5.97 Å². The van der Waals surface area contributed by atoms with Gasteiger partial charge in [-0.15, -0.1) is 0 Å². The monoisotopic (exact) mass is 587 g/mol. The lowest BCUT2D eigenvalue weighted by Crippen LogP contribution is -2.25. The second-order valence-electron chi connectivity index (χ2n) is 10.1. The number of hydrogen-bond donors (Lipinski definition) is 0. The van der Waals surface area contributed by atoms with Crippen LogP contribution < -0.4 is 10.3 Å². The lowest BCUT2D eigenvalue weighted by molar-refractivity contribution is -0.143. The minimum absolute atomic E-state index is 0.0989. The van der Waals surface area contributed by atoms with Crippen LogP contribution in [0.4, 0.5) is 0 Å². The number of hydrogen-bond acceptors (Lipinski definition) is 6. The number of fused-ring (bicyclic) bond motifs is 2. The molecule has 7 nitrogen and oxygen atoms in total. The highest BCUT2D eigenvalue weighted by Crippen LogP contribution is 2.27. The topological polar surface area (TPSA) is 83.8 Å². The van der Waals surface area contributed by atoms with Crippen molar-refractivity contribution < 1.29 is 23.8 Å². The smallest absolute Gasteiger partial charge is 0.326 e. The Morgan fingerprint density at radius 1 is 0.750 bits per heavy atom. The first-order valence-electron chi connectivity index (χ1n) is 14.5. The molecule has 5 aromatic rings. The maximum atomic E-state index is 12.5. The van der Waals surface area contributed by atoms with E-state index in [1.54, 1.807) is 19.1 Å². The Labute approximate surface area is 255 Å². The molecule has 44 heavy (non-hydrogen) atoms. The second kappa shape index (κ2) is 14.6. The van der Waals surface area contributed by atoms with Gasteiger partial charge in [0.1, 0.15) is 31.3 Å². The van der Waals surface area contributed by atoms with E-state index in [1.165, 1.54) is 10.6 Å². The average Bonchev–Trinajstić information content (AvgIpc) is 3.05. The van der Waals surface area contributed by atoms with Crippen molar-refractivity contribution in [3.05, 3.63) is 154 Å². The van der Waals surface area contributed by atoms with Gasteiger partial charge in [-0.3, -0.25) is 19.0 Å². The van der Waals surface area contributed by atoms with Crippen molar-refractivity contribution in [3.63, 3.8) is 0 Å². The highest BCUT2D eigenvalue weighted by molar-refractivity contribution is 6.00. The van der Waals surface area contributed by atoms with E-state index in [9.17, 15) is 14.4 Å². The van der Waals surface area contributed by atoms with E-state index in [1.807, 2.05) is 103 Å². The molecule has 0 bridgehead atoms. The summed E-state index contributed by atoms with van der Waals surface area (Å²) >= 11 is 0. The van der Waals surface area contributed by atoms with Crippen LogP contribution in [0.1, 0.15) is 29.2 Å². The maximum Gasteiger partial charge on any atom is 0.326 e. The fraction of sp³-hybridized carbons (Fsp3) is 0.162. The molecule has 0 N–H and O–H groups in total. The first kappa shape index (κ1) is 30.0. The molecule has 0 spiro atoms. The Morgan fingerprint density at radius 3 is 2.07 bits per heavy atom. The molecule has 0 atom stereocenters. The van der Waals surface area contributed by atoms with Crippen LogP contribution in [-0.4, -0.2) is 22.9 Å². The van der Waals surface area contributed by atoms with Gasteiger partial charge in [0, 0.05) is 29.5 Å². The lowest BCUT2D eigenvalue weighted by atomic mass is 9.95. The van der Waals surface area contributed by atoms with Crippen LogP contribution in [0.15, 0.2) is 126 Å².